The Morgan fingerprint density at radius 2 is 1.91 bits per heavy atom. The zero-order valence-corrected chi connectivity index (χ0v) is 12.7. The first-order valence-corrected chi connectivity index (χ1v) is 7.25. The molecule has 0 spiro atoms. The number of carbonyl (C=O) groups excluding carboxylic acids is 1. The number of pyridine rings is 1. The van der Waals surface area contributed by atoms with Crippen LogP contribution in [0.1, 0.15) is 36.2 Å². The van der Waals surface area contributed by atoms with Crippen LogP contribution in [0.5, 0.6) is 5.75 Å². The molecule has 1 aromatic heterocycles. The highest BCUT2D eigenvalue weighted by Crippen LogP contribution is 2.17. The standard InChI is InChI=1S/C17H19N3O2/c1-3-15(13-9-11-18-12-10-13)19-20-17(21)14-7-5-6-8-16(14)22-4-2/h5-12H,3-4H2,1-2H3,(H,20,21). The molecule has 0 aliphatic carbocycles. The fraction of sp³-hybridized carbons (Fsp3) is 0.235. The molecule has 0 unspecified atom stereocenters. The molecule has 0 bridgehead atoms. The first kappa shape index (κ1) is 15.7. The number of nitrogens with one attached hydrogen (secondary N) is 1. The molecule has 0 fully saturated rings. The summed E-state index contributed by atoms with van der Waals surface area (Å²) in [5, 5.41) is 4.22. The molecule has 1 amide bonds. The van der Waals surface area contributed by atoms with Crippen molar-refractivity contribution in [2.24, 2.45) is 5.10 Å². The fourth-order valence-corrected chi connectivity index (χ4v) is 2.01. The van der Waals surface area contributed by atoms with Gasteiger partial charge in [-0.15, -0.1) is 0 Å². The summed E-state index contributed by atoms with van der Waals surface area (Å²) in [5.41, 5.74) is 4.80. The number of carbonyl (C=O) groups is 1. The third kappa shape index (κ3) is 3.91. The van der Waals surface area contributed by atoms with Crippen LogP contribution < -0.4 is 10.2 Å². The second-order valence-corrected chi connectivity index (χ2v) is 4.52. The molecule has 0 saturated carbocycles. The number of rotatable bonds is 6. The topological polar surface area (TPSA) is 63.6 Å². The predicted molar refractivity (Wildman–Crippen MR) is 86.1 cm³/mol. The van der Waals surface area contributed by atoms with Crippen molar-refractivity contribution >= 4 is 11.6 Å². The van der Waals surface area contributed by atoms with E-state index in [1.165, 1.54) is 0 Å². The van der Waals surface area contributed by atoms with Gasteiger partial charge in [-0.3, -0.25) is 9.78 Å². The second-order valence-electron chi connectivity index (χ2n) is 4.52. The SMILES string of the molecule is CCOc1ccccc1C(=O)NN=C(CC)c1ccncc1. The summed E-state index contributed by atoms with van der Waals surface area (Å²) >= 11 is 0. The molecule has 1 aromatic carbocycles. The Labute approximate surface area is 130 Å². The van der Waals surface area contributed by atoms with Crippen molar-refractivity contribution in [3.05, 3.63) is 59.9 Å². The van der Waals surface area contributed by atoms with Crippen molar-refractivity contribution in [3.63, 3.8) is 0 Å². The van der Waals surface area contributed by atoms with Gasteiger partial charge in [0.15, 0.2) is 0 Å². The first-order valence-electron chi connectivity index (χ1n) is 7.25. The molecule has 0 radical (unpaired) electrons. The van der Waals surface area contributed by atoms with Crippen LogP contribution in [0, 0.1) is 0 Å². The summed E-state index contributed by atoms with van der Waals surface area (Å²) < 4.78 is 5.46. The Hall–Kier alpha value is -2.69. The van der Waals surface area contributed by atoms with Crippen LogP contribution in [-0.2, 0) is 0 Å². The van der Waals surface area contributed by atoms with Gasteiger partial charge in [-0.2, -0.15) is 5.10 Å². The van der Waals surface area contributed by atoms with E-state index in [4.69, 9.17) is 4.74 Å². The van der Waals surface area contributed by atoms with E-state index < -0.39 is 0 Å². The van der Waals surface area contributed by atoms with Gasteiger partial charge in [0, 0.05) is 18.0 Å². The third-order valence-corrected chi connectivity index (χ3v) is 3.07. The Bertz CT molecular complexity index is 654. The van der Waals surface area contributed by atoms with Gasteiger partial charge in [0.25, 0.3) is 5.91 Å². The van der Waals surface area contributed by atoms with Crippen molar-refractivity contribution in [2.45, 2.75) is 20.3 Å². The van der Waals surface area contributed by atoms with E-state index in [1.807, 2.05) is 32.0 Å². The highest BCUT2D eigenvalue weighted by Gasteiger charge is 2.11. The predicted octanol–water partition coefficient (Wildman–Crippen LogP) is 3.02. The summed E-state index contributed by atoms with van der Waals surface area (Å²) in [6, 6.07) is 10.8. The van der Waals surface area contributed by atoms with E-state index in [0.717, 1.165) is 11.3 Å². The maximum absolute atomic E-state index is 12.3. The average Bonchev–Trinajstić information content (AvgIpc) is 2.57. The molecule has 114 valence electrons. The fourth-order valence-electron chi connectivity index (χ4n) is 2.01. The van der Waals surface area contributed by atoms with Crippen LogP contribution in [0.4, 0.5) is 0 Å². The molecule has 2 rings (SSSR count). The first-order chi connectivity index (χ1) is 10.8. The average molecular weight is 297 g/mol. The van der Waals surface area contributed by atoms with Gasteiger partial charge in [0.2, 0.25) is 0 Å². The molecule has 2 aromatic rings. The quantitative estimate of drug-likeness (QED) is 0.658. The lowest BCUT2D eigenvalue weighted by molar-refractivity contribution is 0.0951. The Kier molecular flexibility index (Phi) is 5.65. The molecular weight excluding hydrogens is 278 g/mol. The molecule has 1 N–H and O–H groups in total. The number of nitrogens with zero attached hydrogens (tertiary/aromatic N) is 2. The third-order valence-electron chi connectivity index (χ3n) is 3.07. The molecule has 1 heterocycles. The van der Waals surface area contributed by atoms with Crippen LogP contribution in [0.15, 0.2) is 53.9 Å². The van der Waals surface area contributed by atoms with Crippen molar-refractivity contribution < 1.29 is 9.53 Å². The zero-order valence-electron chi connectivity index (χ0n) is 12.7. The van der Waals surface area contributed by atoms with Gasteiger partial charge < -0.3 is 4.74 Å². The number of amides is 1. The second kappa shape index (κ2) is 7.93. The molecule has 5 heteroatoms. The minimum Gasteiger partial charge on any atom is -0.493 e. The summed E-state index contributed by atoms with van der Waals surface area (Å²) in [5.74, 6) is 0.267. The summed E-state index contributed by atoms with van der Waals surface area (Å²) in [6.07, 6.45) is 4.11. The van der Waals surface area contributed by atoms with Crippen LogP contribution in [0.3, 0.4) is 0 Å². The van der Waals surface area contributed by atoms with Crippen molar-refractivity contribution in [3.8, 4) is 5.75 Å². The lowest BCUT2D eigenvalue weighted by Gasteiger charge is -2.09. The summed E-state index contributed by atoms with van der Waals surface area (Å²) in [7, 11) is 0. The largest absolute Gasteiger partial charge is 0.493 e. The van der Waals surface area contributed by atoms with E-state index in [9.17, 15) is 4.79 Å². The van der Waals surface area contributed by atoms with Crippen LogP contribution in [0.25, 0.3) is 0 Å². The van der Waals surface area contributed by atoms with Crippen molar-refractivity contribution in [2.75, 3.05) is 6.61 Å². The van der Waals surface area contributed by atoms with E-state index in [2.05, 4.69) is 15.5 Å². The Morgan fingerprint density at radius 3 is 2.59 bits per heavy atom. The smallest absolute Gasteiger partial charge is 0.275 e. The molecule has 0 aliphatic heterocycles. The van der Waals surface area contributed by atoms with Gasteiger partial charge in [0.1, 0.15) is 5.75 Å². The number of para-hydroxylation sites is 1. The maximum atomic E-state index is 12.3. The lowest BCUT2D eigenvalue weighted by atomic mass is 10.1. The molecule has 0 aliphatic rings. The van der Waals surface area contributed by atoms with Crippen molar-refractivity contribution in [1.29, 1.82) is 0 Å². The van der Waals surface area contributed by atoms with Gasteiger partial charge in [-0.25, -0.2) is 5.43 Å². The highest BCUT2D eigenvalue weighted by molar-refractivity contribution is 6.02. The molecule has 0 atom stereocenters. The number of hydrazone groups is 1. The molecule has 5 nitrogen and oxygen atoms in total. The maximum Gasteiger partial charge on any atom is 0.275 e. The zero-order chi connectivity index (χ0) is 15.8. The van der Waals surface area contributed by atoms with E-state index in [0.29, 0.717) is 24.3 Å². The van der Waals surface area contributed by atoms with E-state index in [1.54, 1.807) is 30.6 Å². The number of aromatic nitrogens is 1. The minimum absolute atomic E-state index is 0.288. The number of benzene rings is 1. The molecular formula is C17H19N3O2. The van der Waals surface area contributed by atoms with Gasteiger partial charge in [0.05, 0.1) is 17.9 Å². The van der Waals surface area contributed by atoms with Crippen LogP contribution in [0.2, 0.25) is 0 Å². The number of ether oxygens (including phenoxy) is 1. The minimum atomic E-state index is -0.288. The van der Waals surface area contributed by atoms with Gasteiger partial charge >= 0.3 is 0 Å². The lowest BCUT2D eigenvalue weighted by Crippen LogP contribution is -2.20. The summed E-state index contributed by atoms with van der Waals surface area (Å²) in [6.45, 7) is 4.37. The normalized spacial score (nSPS) is 11.1. The molecule has 22 heavy (non-hydrogen) atoms. The van der Waals surface area contributed by atoms with Crippen LogP contribution >= 0.6 is 0 Å². The Morgan fingerprint density at radius 1 is 1.18 bits per heavy atom. The Balaban J connectivity index is 2.16. The van der Waals surface area contributed by atoms with Gasteiger partial charge in [-0.1, -0.05) is 19.1 Å². The van der Waals surface area contributed by atoms with Crippen LogP contribution in [-0.4, -0.2) is 23.2 Å². The highest BCUT2D eigenvalue weighted by atomic mass is 16.5. The van der Waals surface area contributed by atoms with E-state index in [-0.39, 0.29) is 5.91 Å². The molecule has 0 saturated heterocycles. The van der Waals surface area contributed by atoms with Gasteiger partial charge in [-0.05, 0) is 37.6 Å². The summed E-state index contributed by atoms with van der Waals surface area (Å²) in [4.78, 5) is 16.3. The van der Waals surface area contributed by atoms with E-state index >= 15 is 0 Å². The van der Waals surface area contributed by atoms with Crippen molar-refractivity contribution in [1.82, 2.24) is 10.4 Å². The number of hydrogen-bond acceptors (Lipinski definition) is 4. The monoisotopic (exact) mass is 297 g/mol. The number of hydrogen-bond donors (Lipinski definition) is 1.